The zero-order valence-electron chi connectivity index (χ0n) is 14.9. The monoisotopic (exact) mass is 372 g/mol. The van der Waals surface area contributed by atoms with Gasteiger partial charge in [0.05, 0.1) is 18.0 Å². The maximum Gasteiger partial charge on any atom is 0.349 e. The second kappa shape index (κ2) is 7.70. The quantitative estimate of drug-likeness (QED) is 0.614. The average Bonchev–Trinajstić information content (AvgIpc) is 3.21. The van der Waals surface area contributed by atoms with Crippen molar-refractivity contribution in [2.75, 3.05) is 6.61 Å². The molecule has 2 heterocycles. The first-order valence-corrected chi connectivity index (χ1v) is 9.29. The minimum atomic E-state index is -0.889. The van der Waals surface area contributed by atoms with Crippen LogP contribution in [0.2, 0.25) is 0 Å². The molecular weight excluding hydrogens is 352 g/mol. The lowest BCUT2D eigenvalue weighted by molar-refractivity contribution is -0.153. The first-order valence-electron chi connectivity index (χ1n) is 8.47. The number of thiophene rings is 1. The summed E-state index contributed by atoms with van der Waals surface area (Å²) in [6.07, 6.45) is -0.522. The molecule has 0 N–H and O–H groups in total. The lowest BCUT2D eigenvalue weighted by Gasteiger charge is -2.13. The Labute approximate surface area is 155 Å². The molecule has 26 heavy (non-hydrogen) atoms. The van der Waals surface area contributed by atoms with Crippen LogP contribution in [-0.4, -0.2) is 34.4 Å². The standard InChI is InChI=1S/C19H20N2O4S/c1-4-15(18(22)24-5-2)25-19(23)16-11-14-12(3)20-21(17(14)26-16)13-9-7-6-8-10-13/h6-11,15H,4-5H2,1-3H3. The van der Waals surface area contributed by atoms with Gasteiger partial charge in [-0.3, -0.25) is 0 Å². The minimum Gasteiger partial charge on any atom is -0.463 e. The highest BCUT2D eigenvalue weighted by Gasteiger charge is 2.25. The molecule has 6 nitrogen and oxygen atoms in total. The van der Waals surface area contributed by atoms with E-state index in [9.17, 15) is 9.59 Å². The predicted molar refractivity (Wildman–Crippen MR) is 99.8 cm³/mol. The number of hydrogen-bond donors (Lipinski definition) is 0. The highest BCUT2D eigenvalue weighted by atomic mass is 32.1. The number of aryl methyl sites for hydroxylation is 1. The Balaban J connectivity index is 1.89. The Bertz CT molecular complexity index is 930. The molecule has 0 aliphatic rings. The number of para-hydroxylation sites is 1. The van der Waals surface area contributed by atoms with Crippen LogP contribution >= 0.6 is 11.3 Å². The molecule has 0 aliphatic carbocycles. The smallest absolute Gasteiger partial charge is 0.349 e. The number of carbonyl (C=O) groups excluding carboxylic acids is 2. The van der Waals surface area contributed by atoms with Crippen molar-refractivity contribution in [3.63, 3.8) is 0 Å². The number of nitrogens with zero attached hydrogens (tertiary/aromatic N) is 2. The van der Waals surface area contributed by atoms with Gasteiger partial charge in [0.1, 0.15) is 9.71 Å². The van der Waals surface area contributed by atoms with Crippen LogP contribution in [-0.2, 0) is 14.3 Å². The molecule has 0 amide bonds. The molecule has 0 bridgehead atoms. The van der Waals surface area contributed by atoms with Gasteiger partial charge in [-0.25, -0.2) is 14.3 Å². The van der Waals surface area contributed by atoms with Crippen molar-refractivity contribution in [2.24, 2.45) is 0 Å². The van der Waals surface area contributed by atoms with Crippen LogP contribution in [0.1, 0.15) is 35.6 Å². The maximum absolute atomic E-state index is 12.5. The summed E-state index contributed by atoms with van der Waals surface area (Å²) < 4.78 is 12.1. The number of hydrogen-bond acceptors (Lipinski definition) is 6. The number of benzene rings is 1. The third-order valence-electron chi connectivity index (χ3n) is 3.92. The Hall–Kier alpha value is -2.67. The van der Waals surface area contributed by atoms with Gasteiger partial charge in [-0.05, 0) is 38.5 Å². The number of aromatic nitrogens is 2. The van der Waals surface area contributed by atoms with Gasteiger partial charge in [0, 0.05) is 5.39 Å². The summed E-state index contributed by atoms with van der Waals surface area (Å²) in [7, 11) is 0. The summed E-state index contributed by atoms with van der Waals surface area (Å²) in [5.41, 5.74) is 1.75. The van der Waals surface area contributed by atoms with E-state index in [1.54, 1.807) is 19.9 Å². The lowest BCUT2D eigenvalue weighted by Crippen LogP contribution is -2.28. The molecule has 0 saturated heterocycles. The zero-order chi connectivity index (χ0) is 18.7. The van der Waals surface area contributed by atoms with Gasteiger partial charge in [-0.1, -0.05) is 25.1 Å². The van der Waals surface area contributed by atoms with Gasteiger partial charge in [-0.2, -0.15) is 5.10 Å². The second-order valence-corrected chi connectivity index (χ2v) is 6.75. The van der Waals surface area contributed by atoms with E-state index in [4.69, 9.17) is 9.47 Å². The second-order valence-electron chi connectivity index (χ2n) is 5.72. The van der Waals surface area contributed by atoms with Gasteiger partial charge >= 0.3 is 11.9 Å². The lowest BCUT2D eigenvalue weighted by atomic mass is 10.2. The summed E-state index contributed by atoms with van der Waals surface area (Å²) >= 11 is 1.30. The molecule has 0 radical (unpaired) electrons. The molecule has 136 valence electrons. The van der Waals surface area contributed by atoms with E-state index in [1.165, 1.54) is 11.3 Å². The third kappa shape index (κ3) is 3.48. The van der Waals surface area contributed by atoms with Crippen molar-refractivity contribution >= 4 is 33.5 Å². The number of ether oxygens (including phenoxy) is 2. The van der Waals surface area contributed by atoms with Gasteiger partial charge < -0.3 is 9.47 Å². The average molecular weight is 372 g/mol. The van der Waals surface area contributed by atoms with Crippen LogP contribution in [0.5, 0.6) is 0 Å². The highest BCUT2D eigenvalue weighted by molar-refractivity contribution is 7.20. The number of esters is 2. The van der Waals surface area contributed by atoms with Crippen LogP contribution < -0.4 is 0 Å². The van der Waals surface area contributed by atoms with Crippen LogP contribution in [0.4, 0.5) is 0 Å². The zero-order valence-corrected chi connectivity index (χ0v) is 15.7. The normalized spacial score (nSPS) is 12.1. The molecule has 1 unspecified atom stereocenters. The van der Waals surface area contributed by atoms with E-state index in [0.717, 1.165) is 21.6 Å². The SMILES string of the molecule is CCOC(=O)C(CC)OC(=O)c1cc2c(C)nn(-c3ccccc3)c2s1. The minimum absolute atomic E-state index is 0.252. The molecule has 3 rings (SSSR count). The number of fused-ring (bicyclic) bond motifs is 1. The van der Waals surface area contributed by atoms with Crippen molar-refractivity contribution in [3.05, 3.63) is 47.0 Å². The predicted octanol–water partition coefficient (Wildman–Crippen LogP) is 3.89. The van der Waals surface area contributed by atoms with Gasteiger partial charge in [0.15, 0.2) is 6.10 Å². The van der Waals surface area contributed by atoms with Crippen LogP contribution in [0, 0.1) is 6.92 Å². The van der Waals surface area contributed by atoms with Crippen molar-refractivity contribution in [2.45, 2.75) is 33.3 Å². The van der Waals surface area contributed by atoms with Crippen molar-refractivity contribution in [1.82, 2.24) is 9.78 Å². The third-order valence-corrected chi connectivity index (χ3v) is 5.01. The Morgan fingerprint density at radius 2 is 1.96 bits per heavy atom. The summed E-state index contributed by atoms with van der Waals surface area (Å²) in [5, 5.41) is 5.45. The fourth-order valence-corrected chi connectivity index (χ4v) is 3.68. The molecule has 0 fully saturated rings. The van der Waals surface area contributed by atoms with Crippen molar-refractivity contribution < 1.29 is 19.1 Å². The molecule has 7 heteroatoms. The van der Waals surface area contributed by atoms with Crippen molar-refractivity contribution in [1.29, 1.82) is 0 Å². The fraction of sp³-hybridized carbons (Fsp3) is 0.316. The maximum atomic E-state index is 12.5. The summed E-state index contributed by atoms with van der Waals surface area (Å²) in [4.78, 5) is 25.6. The summed E-state index contributed by atoms with van der Waals surface area (Å²) in [6, 6.07) is 11.5. The van der Waals surface area contributed by atoms with Crippen LogP contribution in [0.3, 0.4) is 0 Å². The molecule has 0 aliphatic heterocycles. The van der Waals surface area contributed by atoms with E-state index in [1.807, 2.05) is 41.9 Å². The van der Waals surface area contributed by atoms with Gasteiger partial charge in [0.2, 0.25) is 0 Å². The first kappa shape index (κ1) is 18.1. The number of rotatable bonds is 6. The molecule has 0 spiro atoms. The molecule has 1 aromatic carbocycles. The van der Waals surface area contributed by atoms with E-state index >= 15 is 0 Å². The first-order chi connectivity index (χ1) is 12.5. The Morgan fingerprint density at radius 1 is 1.23 bits per heavy atom. The number of carbonyl (C=O) groups is 2. The van der Waals surface area contributed by atoms with E-state index in [-0.39, 0.29) is 6.61 Å². The van der Waals surface area contributed by atoms with E-state index < -0.39 is 18.0 Å². The molecular formula is C19H20N2O4S. The largest absolute Gasteiger partial charge is 0.463 e. The van der Waals surface area contributed by atoms with E-state index in [0.29, 0.717) is 11.3 Å². The van der Waals surface area contributed by atoms with Gasteiger partial charge in [-0.15, -0.1) is 11.3 Å². The molecule has 1 atom stereocenters. The topological polar surface area (TPSA) is 70.4 Å². The van der Waals surface area contributed by atoms with E-state index in [2.05, 4.69) is 5.10 Å². The molecule has 2 aromatic heterocycles. The van der Waals surface area contributed by atoms with Gasteiger partial charge in [0.25, 0.3) is 0 Å². The van der Waals surface area contributed by atoms with Crippen molar-refractivity contribution in [3.8, 4) is 5.69 Å². The fourth-order valence-electron chi connectivity index (χ4n) is 2.61. The van der Waals surface area contributed by atoms with Crippen LogP contribution in [0.25, 0.3) is 15.9 Å². The molecule has 3 aromatic rings. The summed E-state index contributed by atoms with van der Waals surface area (Å²) in [5.74, 6) is -1.04. The highest BCUT2D eigenvalue weighted by Crippen LogP contribution is 2.31. The molecule has 0 saturated carbocycles. The summed E-state index contributed by atoms with van der Waals surface area (Å²) in [6.45, 7) is 5.65. The Kier molecular flexibility index (Phi) is 5.37. The van der Waals surface area contributed by atoms with Crippen LogP contribution in [0.15, 0.2) is 36.4 Å². The Morgan fingerprint density at radius 3 is 2.62 bits per heavy atom.